The van der Waals surface area contributed by atoms with E-state index in [9.17, 15) is 5.11 Å². The summed E-state index contributed by atoms with van der Waals surface area (Å²) in [6.07, 6.45) is 14.9. The Labute approximate surface area is 181 Å². The topological polar surface area (TPSA) is 20.2 Å². The van der Waals surface area contributed by atoms with Gasteiger partial charge in [-0.3, -0.25) is 0 Å². The van der Waals surface area contributed by atoms with Gasteiger partial charge >= 0.3 is 0 Å². The minimum atomic E-state index is -0.161. The van der Waals surface area contributed by atoms with E-state index in [4.69, 9.17) is 0 Å². The van der Waals surface area contributed by atoms with Crippen LogP contribution >= 0.6 is 0 Å². The molecule has 0 aromatic rings. The third-order valence-corrected chi connectivity index (χ3v) is 10.8. The van der Waals surface area contributed by atoms with Crippen LogP contribution in [0, 0.1) is 46.3 Å². The van der Waals surface area contributed by atoms with Crippen molar-refractivity contribution in [2.75, 3.05) is 0 Å². The Hall–Kier alpha value is -0.300. The van der Waals surface area contributed by atoms with Crippen LogP contribution in [0.25, 0.3) is 0 Å². The largest absolute Gasteiger partial charge is 0.389 e. The minimum absolute atomic E-state index is 0.161. The molecule has 0 bridgehead atoms. The zero-order chi connectivity index (χ0) is 21.0. The summed E-state index contributed by atoms with van der Waals surface area (Å²) in [5, 5.41) is 10.5. The van der Waals surface area contributed by atoms with Crippen LogP contribution in [0.4, 0.5) is 0 Å². The van der Waals surface area contributed by atoms with Crippen LogP contribution in [-0.4, -0.2) is 11.2 Å². The first-order valence-electron chi connectivity index (χ1n) is 13.1. The lowest BCUT2D eigenvalue weighted by Crippen LogP contribution is -2.51. The summed E-state index contributed by atoms with van der Waals surface area (Å²) >= 11 is 0. The average Bonchev–Trinajstić information content (AvgIpc) is 3.02. The molecule has 3 fully saturated rings. The summed E-state index contributed by atoms with van der Waals surface area (Å²) in [5.74, 6) is 5.50. The first-order chi connectivity index (χ1) is 13.7. The van der Waals surface area contributed by atoms with Crippen molar-refractivity contribution in [3.05, 3.63) is 11.1 Å². The van der Waals surface area contributed by atoms with E-state index >= 15 is 0 Å². The molecule has 0 aromatic carbocycles. The molecule has 0 aromatic heterocycles. The number of aliphatic hydroxyl groups is 1. The molecule has 1 heteroatoms. The molecule has 4 aliphatic rings. The van der Waals surface area contributed by atoms with Gasteiger partial charge in [0.15, 0.2) is 0 Å². The Kier molecular flexibility index (Phi) is 6.04. The zero-order valence-corrected chi connectivity index (χ0v) is 20.3. The van der Waals surface area contributed by atoms with Crippen molar-refractivity contribution in [1.29, 1.82) is 0 Å². The Morgan fingerprint density at radius 2 is 1.69 bits per heavy atom. The van der Waals surface area contributed by atoms with Crippen LogP contribution in [-0.2, 0) is 0 Å². The Bertz CT molecular complexity index is 632. The Balaban J connectivity index is 1.51. The highest BCUT2D eigenvalue weighted by Gasteiger charge is 2.59. The molecule has 4 rings (SSSR count). The van der Waals surface area contributed by atoms with E-state index in [1.54, 1.807) is 5.57 Å². The van der Waals surface area contributed by atoms with Gasteiger partial charge in [-0.1, -0.05) is 59.5 Å². The molecule has 1 N–H and O–H groups in total. The first kappa shape index (κ1) is 21.9. The molecule has 166 valence electrons. The van der Waals surface area contributed by atoms with Crippen molar-refractivity contribution in [2.45, 2.75) is 118 Å². The summed E-state index contributed by atoms with van der Waals surface area (Å²) in [7, 11) is 0. The fraction of sp³-hybridized carbons (Fsp3) is 0.929. The Morgan fingerprint density at radius 1 is 0.931 bits per heavy atom. The predicted octanol–water partition coefficient (Wildman–Crippen LogP) is 7.78. The summed E-state index contributed by atoms with van der Waals surface area (Å²) in [5.41, 5.74) is 3.99. The molecule has 0 aliphatic heterocycles. The van der Waals surface area contributed by atoms with E-state index in [2.05, 4.69) is 41.5 Å². The third kappa shape index (κ3) is 3.56. The Morgan fingerprint density at radius 3 is 2.41 bits per heavy atom. The van der Waals surface area contributed by atoms with Gasteiger partial charge in [-0.15, -0.1) is 0 Å². The van der Waals surface area contributed by atoms with E-state index in [1.807, 2.05) is 0 Å². The van der Waals surface area contributed by atoms with Gasteiger partial charge in [0.2, 0.25) is 0 Å². The van der Waals surface area contributed by atoms with Crippen LogP contribution < -0.4 is 0 Å². The van der Waals surface area contributed by atoms with Crippen LogP contribution in [0.3, 0.4) is 0 Å². The highest BCUT2D eigenvalue weighted by atomic mass is 16.3. The lowest BCUT2D eigenvalue weighted by Gasteiger charge is -2.59. The minimum Gasteiger partial charge on any atom is -0.389 e. The summed E-state index contributed by atoms with van der Waals surface area (Å²) in [4.78, 5) is 0. The van der Waals surface area contributed by atoms with Crippen LogP contribution in [0.5, 0.6) is 0 Å². The fourth-order valence-electron chi connectivity index (χ4n) is 9.16. The molecule has 4 aliphatic carbocycles. The van der Waals surface area contributed by atoms with Crippen LogP contribution in [0.2, 0.25) is 0 Å². The van der Waals surface area contributed by atoms with Gasteiger partial charge in [-0.25, -0.2) is 0 Å². The molecule has 0 unspecified atom stereocenters. The maximum Gasteiger partial charge on any atom is 0.0750 e. The fourth-order valence-corrected chi connectivity index (χ4v) is 9.16. The maximum atomic E-state index is 10.5. The smallest absolute Gasteiger partial charge is 0.0750 e. The monoisotopic (exact) mass is 400 g/mol. The predicted molar refractivity (Wildman–Crippen MR) is 124 cm³/mol. The highest BCUT2D eigenvalue weighted by Crippen LogP contribution is 2.68. The van der Waals surface area contributed by atoms with Gasteiger partial charge in [-0.2, -0.15) is 0 Å². The van der Waals surface area contributed by atoms with E-state index in [0.29, 0.717) is 10.8 Å². The van der Waals surface area contributed by atoms with Gasteiger partial charge in [0, 0.05) is 0 Å². The molecule has 3 saturated carbocycles. The molecular formula is C28H48O. The maximum absolute atomic E-state index is 10.5. The van der Waals surface area contributed by atoms with Gasteiger partial charge in [0.1, 0.15) is 0 Å². The van der Waals surface area contributed by atoms with Crippen molar-refractivity contribution in [1.82, 2.24) is 0 Å². The summed E-state index contributed by atoms with van der Waals surface area (Å²) < 4.78 is 0. The quantitative estimate of drug-likeness (QED) is 0.467. The van der Waals surface area contributed by atoms with Gasteiger partial charge in [0.25, 0.3) is 0 Å². The number of hydrogen-bond acceptors (Lipinski definition) is 1. The number of hydrogen-bond donors (Lipinski definition) is 1. The second-order valence-electron chi connectivity index (χ2n) is 12.6. The standard InChI is InChI=1S/C28H48O/c1-18(2)8-7-9-19(3)22-12-13-24-21-10-11-23-20(4)26(29)15-17-28(23,6)25(21)14-16-27(22,24)5/h18-19,21-22,24-26,29H,7-17H2,1-6H3/t19-,21-,22+,24-,25-,26-,27+,28-/m0/s1. The SMILES string of the molecule is CC1=C2CC[C@H]3[C@@H]4CC[C@H]([C@@H](C)CCCC(C)C)[C@@]4(C)CC[C@@H]3[C@@]2(C)CC[C@@H]1O. The third-order valence-electron chi connectivity index (χ3n) is 10.8. The number of allylic oxidation sites excluding steroid dienone is 1. The molecule has 0 amide bonds. The van der Waals surface area contributed by atoms with E-state index in [-0.39, 0.29) is 6.10 Å². The van der Waals surface area contributed by atoms with Gasteiger partial charge < -0.3 is 5.11 Å². The van der Waals surface area contributed by atoms with E-state index < -0.39 is 0 Å². The molecule has 29 heavy (non-hydrogen) atoms. The number of rotatable bonds is 5. The first-order valence-corrected chi connectivity index (χ1v) is 13.1. The van der Waals surface area contributed by atoms with Crippen molar-refractivity contribution in [2.24, 2.45) is 46.3 Å². The molecule has 8 atom stereocenters. The van der Waals surface area contributed by atoms with Crippen molar-refractivity contribution < 1.29 is 5.11 Å². The molecule has 0 radical (unpaired) electrons. The van der Waals surface area contributed by atoms with Crippen LogP contribution in [0.1, 0.15) is 112 Å². The second-order valence-corrected chi connectivity index (χ2v) is 12.6. The van der Waals surface area contributed by atoms with Crippen molar-refractivity contribution >= 4 is 0 Å². The molecular weight excluding hydrogens is 352 g/mol. The number of aliphatic hydroxyl groups excluding tert-OH is 1. The highest BCUT2D eigenvalue weighted by molar-refractivity contribution is 5.30. The zero-order valence-electron chi connectivity index (χ0n) is 20.3. The lowest BCUT2D eigenvalue weighted by molar-refractivity contribution is -0.0638. The lowest BCUT2D eigenvalue weighted by atomic mass is 9.46. The van der Waals surface area contributed by atoms with Gasteiger partial charge in [0.05, 0.1) is 6.10 Å². The van der Waals surface area contributed by atoms with Crippen molar-refractivity contribution in [3.8, 4) is 0 Å². The molecule has 0 saturated heterocycles. The molecule has 0 heterocycles. The van der Waals surface area contributed by atoms with Crippen LogP contribution in [0.15, 0.2) is 11.1 Å². The average molecular weight is 401 g/mol. The van der Waals surface area contributed by atoms with E-state index in [1.165, 1.54) is 69.8 Å². The normalized spacial score (nSPS) is 45.7. The second kappa shape index (κ2) is 7.99. The number of fused-ring (bicyclic) bond motifs is 5. The molecule has 1 nitrogen and oxygen atoms in total. The van der Waals surface area contributed by atoms with E-state index in [0.717, 1.165) is 41.9 Å². The molecule has 0 spiro atoms. The summed E-state index contributed by atoms with van der Waals surface area (Å²) in [6, 6.07) is 0. The van der Waals surface area contributed by atoms with Crippen molar-refractivity contribution in [3.63, 3.8) is 0 Å². The van der Waals surface area contributed by atoms with Gasteiger partial charge in [-0.05, 0) is 110 Å². The summed E-state index contributed by atoms with van der Waals surface area (Å²) in [6.45, 7) is 14.8.